The maximum Gasteiger partial charge on any atom is 2.00 e. The van der Waals surface area contributed by atoms with Gasteiger partial charge in [-0.3, -0.25) is 19.2 Å². The van der Waals surface area contributed by atoms with Gasteiger partial charge < -0.3 is 43.8 Å². The predicted molar refractivity (Wildman–Crippen MR) is 249 cm³/mol. The fraction of sp³-hybridized carbons (Fsp3) is 0.673. The summed E-state index contributed by atoms with van der Waals surface area (Å²) in [7, 11) is 0. The molecule has 66 heavy (non-hydrogen) atoms. The number of fused-ring (bicyclic) bond motifs is 1. The van der Waals surface area contributed by atoms with Crippen LogP contribution >= 0.6 is 0 Å². The van der Waals surface area contributed by atoms with Gasteiger partial charge in [-0.2, -0.15) is 0 Å². The van der Waals surface area contributed by atoms with Gasteiger partial charge in [0.1, 0.15) is 29.0 Å². The van der Waals surface area contributed by atoms with E-state index in [-0.39, 0.29) is 66.9 Å². The molecule has 5 rings (SSSR count). The van der Waals surface area contributed by atoms with E-state index in [9.17, 15) is 29.1 Å². The summed E-state index contributed by atoms with van der Waals surface area (Å²) in [5.41, 5.74) is -0.858. The number of carbonyl (C=O) groups is 5. The number of ether oxygens (including phenoxy) is 5. The molecule has 3 saturated heterocycles. The van der Waals surface area contributed by atoms with Gasteiger partial charge in [0.2, 0.25) is 0 Å². The van der Waals surface area contributed by atoms with Gasteiger partial charge in [0.25, 0.3) is 0 Å². The minimum atomic E-state index is -0.972. The molecule has 13 nitrogen and oxygen atoms in total. The summed E-state index contributed by atoms with van der Waals surface area (Å²) in [5, 5.41) is 27.6. The number of benzene rings is 2. The Kier molecular flexibility index (Phi) is 24.9. The van der Waals surface area contributed by atoms with Crippen molar-refractivity contribution < 1.29 is 82.5 Å². The molecule has 2 aromatic rings. The molecule has 3 aliphatic rings. The fourth-order valence-electron chi connectivity index (χ4n) is 5.50. The van der Waals surface area contributed by atoms with Crippen LogP contribution in [0.5, 0.6) is 17.2 Å². The molecule has 0 saturated carbocycles. The molecular weight excluding hydrogens is 898 g/mol. The minimum Gasteiger partial charge on any atom is -0.550 e. The van der Waals surface area contributed by atoms with E-state index in [1.54, 1.807) is 39.8 Å². The monoisotopic (exact) mass is 977 g/mol. The number of phenolic OH excluding ortho intramolecular Hbond substituents is 1. The van der Waals surface area contributed by atoms with Crippen LogP contribution < -0.4 is 14.6 Å². The van der Waals surface area contributed by atoms with E-state index in [2.05, 4.69) is 58.9 Å². The molecule has 0 radical (unpaired) electrons. The first kappa shape index (κ1) is 62.0. The Morgan fingerprint density at radius 2 is 1.17 bits per heavy atom. The molecule has 0 spiro atoms. The smallest absolute Gasteiger partial charge is 0.550 e. The molecule has 3 aliphatic heterocycles. The van der Waals surface area contributed by atoms with Crippen molar-refractivity contribution in [2.75, 3.05) is 0 Å². The first-order valence-electron chi connectivity index (χ1n) is 23.2. The number of hydrogen-bond acceptors (Lipinski definition) is 12. The molecule has 0 amide bonds. The van der Waals surface area contributed by atoms with Gasteiger partial charge in [-0.25, -0.2) is 0 Å². The summed E-state index contributed by atoms with van der Waals surface area (Å²) >= 11 is 0. The quantitative estimate of drug-likeness (QED) is 0.0973. The zero-order chi connectivity index (χ0) is 50.3. The van der Waals surface area contributed by atoms with Crippen molar-refractivity contribution in [3.05, 3.63) is 54.1 Å². The van der Waals surface area contributed by atoms with Crippen LogP contribution in [0.3, 0.4) is 0 Å². The van der Waals surface area contributed by atoms with E-state index in [4.69, 9.17) is 33.9 Å². The average Bonchev–Trinajstić information content (AvgIpc) is 3.90. The molecule has 0 aliphatic carbocycles. The first-order chi connectivity index (χ1) is 29.9. The van der Waals surface area contributed by atoms with Crippen molar-refractivity contribution >= 4 is 29.8 Å². The van der Waals surface area contributed by atoms with Crippen molar-refractivity contribution in [3.8, 4) is 17.2 Å². The SMILES string of the molecule is CCC(C)(C)C(=O)O.CCC(C)(C)C(=O)OC1C2CC3C(=O)OC1C3O2.CCC(C)(C)C(=O)Oc1ccc(O)cc1.CCC(C)(C)C(=O)[O-].CCC(C)c1ccc(OC(C)(C)CC)cc1.[Zn+2]. The number of aromatic hydroxyl groups is 1. The van der Waals surface area contributed by atoms with E-state index < -0.39 is 45.8 Å². The number of carbonyl (C=O) groups excluding carboxylic acids is 4. The summed E-state index contributed by atoms with van der Waals surface area (Å²) in [6.45, 7) is 32.6. The number of aliphatic carboxylic acids is 2. The largest absolute Gasteiger partial charge is 2.00 e. The van der Waals surface area contributed by atoms with Crippen molar-refractivity contribution in [1.29, 1.82) is 0 Å². The standard InChI is InChI=1S/C15H24O.C13H18O5.C12H16O3.2C6H12O2.Zn/c1-6-12(3)13-8-10-14(11-9-13)16-15(4,5)7-2;1-4-13(2,3)12(15)18-9-7-5-6-8(16-7)10(9)17-11(6)14;1-4-12(2,3)11(14)15-10-7-5-9(13)6-8-10;2*1-4-6(2,3)5(7)8;/h8-12H,6-7H2,1-5H3;6-10H,4-5H2,1-3H3;5-8,13H,4H2,1-3H3;2*4H2,1-3H3,(H,7,8);/q;;;;;+2/p-1. The molecule has 6 unspecified atom stereocenters. The third kappa shape index (κ3) is 18.6. The van der Waals surface area contributed by atoms with Crippen molar-refractivity contribution in [3.63, 3.8) is 0 Å². The Morgan fingerprint density at radius 3 is 1.56 bits per heavy atom. The van der Waals surface area contributed by atoms with Crippen LogP contribution in [0.15, 0.2) is 48.5 Å². The van der Waals surface area contributed by atoms with E-state index >= 15 is 0 Å². The minimum absolute atomic E-state index is 0. The number of esters is 3. The second-order valence-corrected chi connectivity index (χ2v) is 20.3. The first-order valence-corrected chi connectivity index (χ1v) is 23.2. The number of hydrogen-bond donors (Lipinski definition) is 2. The Morgan fingerprint density at radius 1 is 0.697 bits per heavy atom. The fourth-order valence-corrected chi connectivity index (χ4v) is 5.50. The second-order valence-electron chi connectivity index (χ2n) is 20.3. The molecule has 0 aromatic heterocycles. The summed E-state index contributed by atoms with van der Waals surface area (Å²) in [6.07, 6.45) is 4.36. The van der Waals surface area contributed by atoms with Crippen molar-refractivity contribution in [2.45, 2.75) is 199 Å². The molecule has 2 bridgehead atoms. The molecule has 3 heterocycles. The van der Waals surface area contributed by atoms with E-state index in [0.29, 0.717) is 37.4 Å². The average molecular weight is 980 g/mol. The van der Waals surface area contributed by atoms with Gasteiger partial charge in [0.05, 0.1) is 28.3 Å². The van der Waals surface area contributed by atoms with Crippen LogP contribution in [0.1, 0.15) is 174 Å². The van der Waals surface area contributed by atoms with E-state index in [0.717, 1.165) is 18.6 Å². The van der Waals surface area contributed by atoms with Gasteiger partial charge in [0.15, 0.2) is 12.2 Å². The van der Waals surface area contributed by atoms with Crippen LogP contribution in [0.25, 0.3) is 0 Å². The van der Waals surface area contributed by atoms with Crippen LogP contribution in [-0.4, -0.2) is 70.1 Å². The number of phenols is 1. The number of carboxylic acids is 2. The van der Waals surface area contributed by atoms with Crippen LogP contribution in [0.4, 0.5) is 0 Å². The Hall–Kier alpha value is -4.03. The topological polar surface area (TPSA) is 195 Å². The zero-order valence-electron chi connectivity index (χ0n) is 43.1. The molecular formula is C52H81O13Zn+. The van der Waals surface area contributed by atoms with Gasteiger partial charge >= 0.3 is 43.4 Å². The van der Waals surface area contributed by atoms with Gasteiger partial charge in [-0.1, -0.05) is 74.4 Å². The second kappa shape index (κ2) is 26.5. The van der Waals surface area contributed by atoms with Gasteiger partial charge in [-0.15, -0.1) is 0 Å². The van der Waals surface area contributed by atoms with Crippen LogP contribution in [0, 0.1) is 27.6 Å². The molecule has 2 aromatic carbocycles. The van der Waals surface area contributed by atoms with Gasteiger partial charge in [0, 0.05) is 11.4 Å². The molecule has 2 N–H and O–H groups in total. The molecule has 3 fully saturated rings. The number of rotatable bonds is 15. The summed E-state index contributed by atoms with van der Waals surface area (Å²) in [4.78, 5) is 55.7. The Balaban J connectivity index is 0.000000827. The normalized spacial score (nSPS) is 19.8. The zero-order valence-corrected chi connectivity index (χ0v) is 46.1. The summed E-state index contributed by atoms with van der Waals surface area (Å²) < 4.78 is 27.6. The van der Waals surface area contributed by atoms with Crippen LogP contribution in [-0.2, 0) is 57.7 Å². The Bertz CT molecular complexity index is 1810. The van der Waals surface area contributed by atoms with E-state index in [1.807, 2.05) is 55.4 Å². The third-order valence-electron chi connectivity index (χ3n) is 13.2. The number of carboxylic acid groups (broad SMARTS) is 2. The van der Waals surface area contributed by atoms with Crippen LogP contribution in [0.2, 0.25) is 0 Å². The molecule has 14 heteroatoms. The molecule has 6 atom stereocenters. The summed E-state index contributed by atoms with van der Waals surface area (Å²) in [6, 6.07) is 14.6. The Labute approximate surface area is 408 Å². The van der Waals surface area contributed by atoms with Crippen molar-refractivity contribution in [2.24, 2.45) is 27.6 Å². The van der Waals surface area contributed by atoms with Crippen molar-refractivity contribution in [1.82, 2.24) is 0 Å². The molecule has 368 valence electrons. The maximum atomic E-state index is 12.1. The maximum absolute atomic E-state index is 12.1. The van der Waals surface area contributed by atoms with Gasteiger partial charge in [-0.05, 0) is 148 Å². The third-order valence-corrected chi connectivity index (χ3v) is 13.2. The summed E-state index contributed by atoms with van der Waals surface area (Å²) in [5.74, 6) is -0.327. The predicted octanol–water partition coefficient (Wildman–Crippen LogP) is 10.2. The van der Waals surface area contributed by atoms with E-state index in [1.165, 1.54) is 24.1 Å².